The molecule has 0 radical (unpaired) electrons. The first-order valence-electron chi connectivity index (χ1n) is 21.3. The molecule has 14 heteroatoms. The summed E-state index contributed by atoms with van der Waals surface area (Å²) in [6, 6.07) is 46.5. The number of nitriles is 1. The lowest BCUT2D eigenvalue weighted by Gasteiger charge is -2.17. The molecule has 0 aliphatic carbocycles. The average molecular weight is 909 g/mol. The smallest absolute Gasteiger partial charge is 0.354 e. The van der Waals surface area contributed by atoms with Crippen LogP contribution in [-0.4, -0.2) is 61.5 Å². The van der Waals surface area contributed by atoms with Gasteiger partial charge in [0.2, 0.25) is 0 Å². The number of fused-ring (bicyclic) bond motifs is 1. The minimum absolute atomic E-state index is 0.00628. The maximum Gasteiger partial charge on any atom is 0.354 e. The van der Waals surface area contributed by atoms with Crippen LogP contribution >= 0.6 is 0 Å². The average Bonchev–Trinajstić information content (AvgIpc) is 3.97. The first-order chi connectivity index (χ1) is 33.2. The summed E-state index contributed by atoms with van der Waals surface area (Å²) in [5.41, 5.74) is 3.08. The molecule has 0 unspecified atom stereocenters. The highest BCUT2D eigenvalue weighted by Gasteiger charge is 2.51. The lowest BCUT2D eigenvalue weighted by Crippen LogP contribution is -2.36. The zero-order valence-corrected chi connectivity index (χ0v) is 36.1. The van der Waals surface area contributed by atoms with Crippen molar-refractivity contribution >= 4 is 36.0 Å². The van der Waals surface area contributed by atoms with Gasteiger partial charge in [0, 0.05) is 0 Å². The fraction of sp³-hybridized carbons (Fsp3) is 0.148. The zero-order valence-electron chi connectivity index (χ0n) is 36.1. The van der Waals surface area contributed by atoms with E-state index in [1.54, 1.807) is 48.5 Å². The maximum atomic E-state index is 13.1. The molecular formula is C54H40N2O12. The van der Waals surface area contributed by atoms with Crippen LogP contribution in [0.5, 0.6) is 23.0 Å². The lowest BCUT2D eigenvalue weighted by molar-refractivity contribution is -0.130. The molecule has 4 atom stereocenters. The molecule has 0 saturated carbocycles. The SMILES string of the molecule is [C-]#[N+]/C(=C\c1ccc(OCc2ccccc2)cc1)C(=O)Oc1ccc(C(=O)O[C@@H]2CO[C@H]3[C@@H]2OC[C@@H]3OC(=O)c2ccc(OC(=O)/C(C#N)=C/c3ccc(OCc4ccccc4)cc3)cc2)cc1. The summed E-state index contributed by atoms with van der Waals surface area (Å²) in [5, 5.41) is 9.67. The predicted octanol–water partition coefficient (Wildman–Crippen LogP) is 8.77. The van der Waals surface area contributed by atoms with Crippen molar-refractivity contribution < 1.29 is 57.1 Å². The molecule has 14 nitrogen and oxygen atoms in total. The third-order valence-corrected chi connectivity index (χ3v) is 10.6. The molecule has 338 valence electrons. The summed E-state index contributed by atoms with van der Waals surface area (Å²) < 4.78 is 45.5. The van der Waals surface area contributed by atoms with Gasteiger partial charge in [-0.2, -0.15) is 5.26 Å². The number of benzene rings is 6. The van der Waals surface area contributed by atoms with E-state index in [1.165, 1.54) is 60.7 Å². The number of ether oxygens (including phenoxy) is 8. The van der Waals surface area contributed by atoms with Crippen LogP contribution in [0, 0.1) is 17.9 Å². The van der Waals surface area contributed by atoms with E-state index in [0.717, 1.165) is 11.1 Å². The van der Waals surface area contributed by atoms with Gasteiger partial charge in [-0.1, -0.05) is 84.9 Å². The third-order valence-electron chi connectivity index (χ3n) is 10.6. The second-order valence-electron chi connectivity index (χ2n) is 15.3. The van der Waals surface area contributed by atoms with Gasteiger partial charge in [-0.3, -0.25) is 4.79 Å². The Labute approximate surface area is 390 Å². The van der Waals surface area contributed by atoms with E-state index in [0.29, 0.717) is 35.8 Å². The Morgan fingerprint density at radius 1 is 0.559 bits per heavy atom. The van der Waals surface area contributed by atoms with Crippen molar-refractivity contribution in [3.63, 3.8) is 0 Å². The topological polar surface area (TPSA) is 170 Å². The molecule has 0 N–H and O–H groups in total. The van der Waals surface area contributed by atoms with Crippen LogP contribution < -0.4 is 18.9 Å². The molecule has 2 heterocycles. The number of carbonyl (C=O) groups is 4. The summed E-state index contributed by atoms with van der Waals surface area (Å²) in [4.78, 5) is 55.3. The van der Waals surface area contributed by atoms with Crippen LogP contribution in [0.3, 0.4) is 0 Å². The van der Waals surface area contributed by atoms with E-state index in [4.69, 9.17) is 44.5 Å². The minimum Gasteiger partial charge on any atom is -0.489 e. The molecule has 2 aliphatic rings. The highest BCUT2D eigenvalue weighted by atomic mass is 16.7. The molecule has 2 aliphatic heterocycles. The molecule has 0 spiro atoms. The molecule has 8 rings (SSSR count). The van der Waals surface area contributed by atoms with Crippen LogP contribution in [0.1, 0.15) is 43.0 Å². The first kappa shape index (κ1) is 45.7. The van der Waals surface area contributed by atoms with Crippen molar-refractivity contribution in [3.8, 4) is 29.1 Å². The van der Waals surface area contributed by atoms with E-state index in [-0.39, 0.29) is 47.1 Å². The number of carbonyl (C=O) groups excluding carboxylic acids is 4. The van der Waals surface area contributed by atoms with Gasteiger partial charge >= 0.3 is 23.9 Å². The van der Waals surface area contributed by atoms with E-state index in [9.17, 15) is 24.4 Å². The van der Waals surface area contributed by atoms with Crippen molar-refractivity contribution in [1.82, 2.24) is 0 Å². The molecule has 6 aromatic rings. The summed E-state index contributed by atoms with van der Waals surface area (Å²) >= 11 is 0. The van der Waals surface area contributed by atoms with Crippen molar-refractivity contribution in [1.29, 1.82) is 5.26 Å². The summed E-state index contributed by atoms with van der Waals surface area (Å²) in [6.45, 7) is 8.32. The van der Waals surface area contributed by atoms with Gasteiger partial charge in [-0.25, -0.2) is 19.2 Å². The van der Waals surface area contributed by atoms with Gasteiger partial charge in [0.15, 0.2) is 12.2 Å². The zero-order chi connectivity index (χ0) is 47.2. The molecule has 68 heavy (non-hydrogen) atoms. The van der Waals surface area contributed by atoms with Crippen LogP contribution in [0.25, 0.3) is 17.0 Å². The second kappa shape index (κ2) is 21.9. The predicted molar refractivity (Wildman–Crippen MR) is 245 cm³/mol. The molecular weight excluding hydrogens is 869 g/mol. The minimum atomic E-state index is -0.877. The van der Waals surface area contributed by atoms with Crippen LogP contribution in [0.4, 0.5) is 0 Å². The largest absolute Gasteiger partial charge is 0.489 e. The van der Waals surface area contributed by atoms with Gasteiger partial charge in [0.25, 0.3) is 5.70 Å². The van der Waals surface area contributed by atoms with Gasteiger partial charge in [0.05, 0.1) is 30.9 Å². The standard InChI is InChI=1S/C54H40N2O12/c1-56-46(29-36-14-22-43(23-15-36)62-32-38-10-6-3-7-11-38)54(60)66-45-26-18-40(19-27-45)52(58)68-48-34-64-49-47(33-63-50(48)49)67-51(57)39-16-24-44(25-17-39)65-53(59)41(30-55)28-35-12-20-42(21-13-35)61-31-37-8-4-2-5-9-37/h2-29,47-50H,31-34H2/b41-28+,46-29-/t47-,48+,49+,50+/m0/s1. The van der Waals surface area contributed by atoms with Crippen molar-refractivity contribution in [2.45, 2.75) is 37.6 Å². The Hall–Kier alpha value is -8.82. The highest BCUT2D eigenvalue weighted by molar-refractivity contribution is 5.99. The monoisotopic (exact) mass is 908 g/mol. The van der Waals surface area contributed by atoms with Crippen molar-refractivity contribution in [2.24, 2.45) is 0 Å². The van der Waals surface area contributed by atoms with E-state index in [2.05, 4.69) is 4.85 Å². The van der Waals surface area contributed by atoms with E-state index >= 15 is 0 Å². The first-order valence-corrected chi connectivity index (χ1v) is 21.3. The Morgan fingerprint density at radius 2 is 0.971 bits per heavy atom. The molecule has 0 aromatic heterocycles. The van der Waals surface area contributed by atoms with Crippen molar-refractivity contribution in [2.75, 3.05) is 13.2 Å². The third kappa shape index (κ3) is 11.9. The fourth-order valence-corrected chi connectivity index (χ4v) is 7.08. The van der Waals surface area contributed by atoms with Gasteiger partial charge in [-0.05, 0) is 107 Å². The van der Waals surface area contributed by atoms with Crippen molar-refractivity contribution in [3.05, 3.63) is 214 Å². The lowest BCUT2D eigenvalue weighted by atomic mass is 10.1. The number of esters is 4. The van der Waals surface area contributed by atoms with Crippen LogP contribution in [-0.2, 0) is 41.8 Å². The van der Waals surface area contributed by atoms with E-state index in [1.807, 2.05) is 66.7 Å². The van der Waals surface area contributed by atoms with Crippen LogP contribution in [0.15, 0.2) is 169 Å². The molecule has 2 fully saturated rings. The number of nitrogens with zero attached hydrogens (tertiary/aromatic N) is 2. The Morgan fingerprint density at radius 3 is 1.40 bits per heavy atom. The Bertz CT molecular complexity index is 2690. The van der Waals surface area contributed by atoms with Gasteiger partial charge < -0.3 is 37.9 Å². The van der Waals surface area contributed by atoms with E-state index < -0.39 is 48.3 Å². The molecule has 0 amide bonds. The molecule has 2 saturated heterocycles. The number of hydrogen-bond acceptors (Lipinski definition) is 13. The second-order valence-corrected chi connectivity index (χ2v) is 15.3. The van der Waals surface area contributed by atoms with Gasteiger partial charge in [-0.15, -0.1) is 0 Å². The summed E-state index contributed by atoms with van der Waals surface area (Å²) in [7, 11) is 0. The quantitative estimate of drug-likeness (QED) is 0.0297. The molecule has 6 aromatic carbocycles. The Balaban J connectivity index is 0.775. The summed E-state index contributed by atoms with van der Waals surface area (Å²) in [6.07, 6.45) is -0.200. The Kier molecular flexibility index (Phi) is 14.7. The molecule has 0 bridgehead atoms. The highest BCUT2D eigenvalue weighted by Crippen LogP contribution is 2.32. The summed E-state index contributed by atoms with van der Waals surface area (Å²) in [5.74, 6) is -1.64. The van der Waals surface area contributed by atoms with Crippen LogP contribution in [0.2, 0.25) is 0 Å². The van der Waals surface area contributed by atoms with Gasteiger partial charge in [0.1, 0.15) is 60.1 Å². The normalized spacial score (nSPS) is 17.4. The maximum absolute atomic E-state index is 13.1. The number of hydrogen-bond donors (Lipinski definition) is 0. The fourth-order valence-electron chi connectivity index (χ4n) is 7.08. The number of rotatable bonds is 16.